The van der Waals surface area contributed by atoms with Crippen molar-refractivity contribution < 1.29 is 14.2 Å². The van der Waals surface area contributed by atoms with Crippen molar-refractivity contribution in [2.24, 2.45) is 0 Å². The van der Waals surface area contributed by atoms with Crippen LogP contribution in [-0.4, -0.2) is 24.4 Å². The molecule has 0 saturated carbocycles. The number of ether oxygens (including phenoxy) is 1. The minimum atomic E-state index is -0.713. The monoisotopic (exact) mass is 289 g/mol. The molecule has 0 aliphatic heterocycles. The van der Waals surface area contributed by atoms with Crippen molar-refractivity contribution in [3.8, 4) is 5.75 Å². The predicted molar refractivity (Wildman–Crippen MR) is 82.2 cm³/mol. The first-order valence-corrected chi connectivity index (χ1v) is 7.07. The zero-order chi connectivity index (χ0) is 15.1. The van der Waals surface area contributed by atoms with Crippen molar-refractivity contribution in [1.29, 1.82) is 0 Å². The van der Waals surface area contributed by atoms with Gasteiger partial charge in [-0.2, -0.15) is 0 Å². The van der Waals surface area contributed by atoms with Crippen LogP contribution in [0.5, 0.6) is 5.75 Å². The van der Waals surface area contributed by atoms with Gasteiger partial charge in [0.05, 0.1) is 0 Å². The fraction of sp³-hybridized carbons (Fsp3) is 0.294. The summed E-state index contributed by atoms with van der Waals surface area (Å²) in [5.74, 6) is -0.266. The lowest BCUT2D eigenvalue weighted by Crippen LogP contribution is -2.26. The lowest BCUT2D eigenvalue weighted by atomic mass is 10.1. The Hall–Kier alpha value is -2.07. The third-order valence-electron chi connectivity index (χ3n) is 3.14. The zero-order valence-corrected chi connectivity index (χ0v) is 12.1. The van der Waals surface area contributed by atoms with Crippen LogP contribution in [0, 0.1) is 5.82 Å². The molecule has 1 unspecified atom stereocenters. The Morgan fingerprint density at radius 1 is 1.19 bits per heavy atom. The van der Waals surface area contributed by atoms with Crippen molar-refractivity contribution >= 4 is 5.69 Å². The van der Waals surface area contributed by atoms with E-state index in [9.17, 15) is 9.50 Å². The van der Waals surface area contributed by atoms with Crippen LogP contribution < -0.4 is 10.1 Å². The first-order chi connectivity index (χ1) is 10.2. The van der Waals surface area contributed by atoms with Crippen molar-refractivity contribution in [3.63, 3.8) is 0 Å². The average molecular weight is 289 g/mol. The van der Waals surface area contributed by atoms with E-state index < -0.39 is 11.9 Å². The van der Waals surface area contributed by atoms with Gasteiger partial charge >= 0.3 is 0 Å². The zero-order valence-electron chi connectivity index (χ0n) is 12.1. The molecule has 0 amide bonds. The van der Waals surface area contributed by atoms with E-state index in [0.29, 0.717) is 6.54 Å². The largest absolute Gasteiger partial charge is 0.488 e. The van der Waals surface area contributed by atoms with Crippen LogP contribution >= 0.6 is 0 Å². The molecule has 1 atom stereocenters. The maximum Gasteiger partial charge on any atom is 0.165 e. The van der Waals surface area contributed by atoms with Gasteiger partial charge in [0.2, 0.25) is 0 Å². The second-order valence-electron chi connectivity index (χ2n) is 4.83. The minimum Gasteiger partial charge on any atom is -0.488 e. The quantitative estimate of drug-likeness (QED) is 0.822. The van der Waals surface area contributed by atoms with Gasteiger partial charge in [0.25, 0.3) is 0 Å². The van der Waals surface area contributed by atoms with Crippen LogP contribution in [0.1, 0.15) is 12.5 Å². The van der Waals surface area contributed by atoms with Gasteiger partial charge in [-0.15, -0.1) is 0 Å². The van der Waals surface area contributed by atoms with Crippen molar-refractivity contribution in [1.82, 2.24) is 0 Å². The van der Waals surface area contributed by atoms with Gasteiger partial charge in [-0.25, -0.2) is 4.39 Å². The highest BCUT2D eigenvalue weighted by Crippen LogP contribution is 2.15. The topological polar surface area (TPSA) is 41.5 Å². The summed E-state index contributed by atoms with van der Waals surface area (Å²) >= 11 is 0. The van der Waals surface area contributed by atoms with Crippen molar-refractivity contribution in [3.05, 3.63) is 59.9 Å². The predicted octanol–water partition coefficient (Wildman–Crippen LogP) is 3.24. The lowest BCUT2D eigenvalue weighted by Gasteiger charge is -2.14. The number of anilines is 1. The summed E-state index contributed by atoms with van der Waals surface area (Å²) in [7, 11) is 0. The molecule has 0 aromatic heterocycles. The highest BCUT2D eigenvalue weighted by molar-refractivity contribution is 5.45. The number of aliphatic hydroxyl groups is 1. The molecule has 0 saturated heterocycles. The molecule has 0 spiro atoms. The molecule has 4 heteroatoms. The standard InChI is InChI=1S/C17H20FNO2/c1-2-13-6-5-7-14(10-13)19-11-15(20)12-21-17-9-4-3-8-16(17)18/h3-10,15,19-20H,2,11-12H2,1H3. The van der Waals surface area contributed by atoms with Gasteiger partial charge in [0.15, 0.2) is 11.6 Å². The molecule has 3 nitrogen and oxygen atoms in total. The number of halogens is 1. The highest BCUT2D eigenvalue weighted by atomic mass is 19.1. The summed E-state index contributed by atoms with van der Waals surface area (Å²) < 4.78 is 18.6. The molecule has 0 fully saturated rings. The van der Waals surface area contributed by atoms with Gasteiger partial charge in [0, 0.05) is 12.2 Å². The fourth-order valence-electron chi connectivity index (χ4n) is 1.94. The molecule has 21 heavy (non-hydrogen) atoms. The molecule has 0 heterocycles. The van der Waals surface area contributed by atoms with E-state index in [4.69, 9.17) is 4.74 Å². The van der Waals surface area contributed by atoms with E-state index in [0.717, 1.165) is 12.1 Å². The van der Waals surface area contributed by atoms with Gasteiger partial charge in [0.1, 0.15) is 12.7 Å². The molecule has 0 radical (unpaired) electrons. The van der Waals surface area contributed by atoms with Crippen LogP contribution in [0.2, 0.25) is 0 Å². The summed E-state index contributed by atoms with van der Waals surface area (Å²) in [4.78, 5) is 0. The fourth-order valence-corrected chi connectivity index (χ4v) is 1.94. The number of nitrogens with one attached hydrogen (secondary N) is 1. The molecule has 0 bridgehead atoms. The number of aliphatic hydroxyl groups excluding tert-OH is 1. The molecule has 0 aliphatic carbocycles. The average Bonchev–Trinajstić information content (AvgIpc) is 2.52. The third-order valence-corrected chi connectivity index (χ3v) is 3.14. The molecular formula is C17H20FNO2. The van der Waals surface area contributed by atoms with Crippen molar-refractivity contribution in [2.75, 3.05) is 18.5 Å². The Morgan fingerprint density at radius 2 is 2.00 bits per heavy atom. The van der Waals surface area contributed by atoms with E-state index in [1.165, 1.54) is 11.6 Å². The van der Waals surface area contributed by atoms with Crippen LogP contribution in [0.15, 0.2) is 48.5 Å². The SMILES string of the molecule is CCc1cccc(NCC(O)COc2ccccc2F)c1. The maximum absolute atomic E-state index is 13.4. The Kier molecular flexibility index (Phi) is 5.58. The van der Waals surface area contributed by atoms with Crippen LogP contribution in [0.4, 0.5) is 10.1 Å². The summed E-state index contributed by atoms with van der Waals surface area (Å²) in [5, 5.41) is 13.0. The number of aryl methyl sites for hydroxylation is 1. The molecule has 112 valence electrons. The number of hydrogen-bond donors (Lipinski definition) is 2. The molecular weight excluding hydrogens is 269 g/mol. The number of benzene rings is 2. The molecule has 2 aromatic carbocycles. The van der Waals surface area contributed by atoms with Gasteiger partial charge < -0.3 is 15.2 Å². The van der Waals surface area contributed by atoms with Crippen LogP contribution in [0.3, 0.4) is 0 Å². The second kappa shape index (κ2) is 7.64. The minimum absolute atomic E-state index is 0.0431. The molecule has 2 aromatic rings. The van der Waals surface area contributed by atoms with E-state index in [-0.39, 0.29) is 12.4 Å². The summed E-state index contributed by atoms with van der Waals surface area (Å²) in [6.07, 6.45) is 0.254. The summed E-state index contributed by atoms with van der Waals surface area (Å²) in [6, 6.07) is 14.2. The Labute approximate surface area is 124 Å². The van der Waals surface area contributed by atoms with Gasteiger partial charge in [-0.05, 0) is 36.2 Å². The number of rotatable bonds is 7. The van der Waals surface area contributed by atoms with E-state index in [1.54, 1.807) is 18.2 Å². The summed E-state index contributed by atoms with van der Waals surface area (Å²) in [6.45, 7) is 2.49. The van der Waals surface area contributed by atoms with Crippen LogP contribution in [0.25, 0.3) is 0 Å². The summed E-state index contributed by atoms with van der Waals surface area (Å²) in [5.41, 5.74) is 2.19. The molecule has 2 rings (SSSR count). The van der Waals surface area contributed by atoms with Gasteiger partial charge in [-0.1, -0.05) is 31.2 Å². The Bertz CT molecular complexity index is 574. The van der Waals surface area contributed by atoms with Gasteiger partial charge in [-0.3, -0.25) is 0 Å². The molecule has 2 N–H and O–H groups in total. The maximum atomic E-state index is 13.4. The van der Waals surface area contributed by atoms with E-state index in [1.807, 2.05) is 18.2 Å². The number of para-hydroxylation sites is 1. The van der Waals surface area contributed by atoms with Crippen LogP contribution in [-0.2, 0) is 6.42 Å². The first kappa shape index (κ1) is 15.3. The van der Waals surface area contributed by atoms with E-state index >= 15 is 0 Å². The second-order valence-corrected chi connectivity index (χ2v) is 4.83. The highest BCUT2D eigenvalue weighted by Gasteiger charge is 2.07. The van der Waals surface area contributed by atoms with E-state index in [2.05, 4.69) is 18.3 Å². The molecule has 0 aliphatic rings. The smallest absolute Gasteiger partial charge is 0.165 e. The lowest BCUT2D eigenvalue weighted by molar-refractivity contribution is 0.115. The normalized spacial score (nSPS) is 12.0. The van der Waals surface area contributed by atoms with Crippen molar-refractivity contribution in [2.45, 2.75) is 19.4 Å². The Balaban J connectivity index is 1.79. The Morgan fingerprint density at radius 3 is 2.76 bits per heavy atom. The first-order valence-electron chi connectivity index (χ1n) is 7.07. The third kappa shape index (κ3) is 4.76. The number of hydrogen-bond acceptors (Lipinski definition) is 3.